The molecule has 0 fully saturated rings. The third-order valence-corrected chi connectivity index (χ3v) is 2.60. The van der Waals surface area contributed by atoms with Gasteiger partial charge in [-0.3, -0.25) is 0 Å². The first-order valence-electron chi connectivity index (χ1n) is 5.65. The van der Waals surface area contributed by atoms with E-state index in [0.29, 0.717) is 0 Å². The molecule has 0 bridgehead atoms. The second-order valence-electron chi connectivity index (χ2n) is 3.94. The smallest absolute Gasteiger partial charge is 0.452 e. The minimum absolute atomic E-state index is 0.0158. The van der Waals surface area contributed by atoms with Gasteiger partial charge in [-0.1, -0.05) is 5.92 Å². The average Bonchev–Trinajstić information content (AvgIpc) is 2.90. The van der Waals surface area contributed by atoms with Crippen LogP contribution in [0.15, 0.2) is 18.3 Å². The number of alkyl halides is 3. The van der Waals surface area contributed by atoms with Crippen LogP contribution in [0.5, 0.6) is 5.88 Å². The number of halogens is 3. The van der Waals surface area contributed by atoms with Crippen molar-refractivity contribution in [3.8, 4) is 18.2 Å². The summed E-state index contributed by atoms with van der Waals surface area (Å²) in [4.78, 5) is 7.97. The molecule has 3 heterocycles. The lowest BCUT2D eigenvalue weighted by atomic mass is 10.4. The van der Waals surface area contributed by atoms with Crippen molar-refractivity contribution >= 4 is 16.8 Å². The summed E-state index contributed by atoms with van der Waals surface area (Å²) in [5, 5.41) is 6.65. The molecule has 0 amide bonds. The van der Waals surface area contributed by atoms with Crippen LogP contribution in [0, 0.1) is 12.3 Å². The van der Waals surface area contributed by atoms with Gasteiger partial charge in [0.25, 0.3) is 5.88 Å². The van der Waals surface area contributed by atoms with E-state index in [4.69, 9.17) is 11.2 Å². The summed E-state index contributed by atoms with van der Waals surface area (Å²) in [5.74, 6) is 0.880. The maximum Gasteiger partial charge on any atom is 0.452 e. The number of hydrogen-bond acceptors (Lipinski definition) is 5. The first kappa shape index (κ1) is 13.1. The molecule has 0 unspecified atom stereocenters. The molecule has 0 N–H and O–H groups in total. The average molecular weight is 293 g/mol. The standard InChI is InChI=1S/C12H6F3N5O/c1-2-6-21-10-9-18-19-11(12(13,14)15)20(9)8-7(17-10)4-3-5-16-8/h1,3-5H,6H2. The van der Waals surface area contributed by atoms with Crippen molar-refractivity contribution in [3.63, 3.8) is 0 Å². The van der Waals surface area contributed by atoms with E-state index in [2.05, 4.69) is 26.1 Å². The molecule has 0 radical (unpaired) electrons. The summed E-state index contributed by atoms with van der Waals surface area (Å²) < 4.78 is 44.9. The minimum Gasteiger partial charge on any atom is -0.462 e. The van der Waals surface area contributed by atoms with Crippen LogP contribution in [0.3, 0.4) is 0 Å². The van der Waals surface area contributed by atoms with Gasteiger partial charge < -0.3 is 4.74 Å². The van der Waals surface area contributed by atoms with Crippen LogP contribution in [0.2, 0.25) is 0 Å². The molecular weight excluding hydrogens is 287 g/mol. The first-order chi connectivity index (χ1) is 10.0. The third-order valence-electron chi connectivity index (χ3n) is 2.60. The maximum atomic E-state index is 13.0. The third kappa shape index (κ3) is 2.10. The van der Waals surface area contributed by atoms with Gasteiger partial charge in [-0.15, -0.1) is 16.6 Å². The zero-order valence-corrected chi connectivity index (χ0v) is 10.3. The Morgan fingerprint density at radius 3 is 2.81 bits per heavy atom. The quantitative estimate of drug-likeness (QED) is 0.673. The summed E-state index contributed by atoms with van der Waals surface area (Å²) in [6.45, 7) is -0.150. The van der Waals surface area contributed by atoms with E-state index in [0.717, 1.165) is 4.40 Å². The SMILES string of the molecule is C#CCOc1nc2cccnc2n2c(C(F)(F)F)nnc12. The molecule has 3 aromatic heterocycles. The molecule has 6 nitrogen and oxygen atoms in total. The van der Waals surface area contributed by atoms with Crippen molar-refractivity contribution in [2.45, 2.75) is 6.18 Å². The highest BCUT2D eigenvalue weighted by Gasteiger charge is 2.38. The molecule has 3 aromatic rings. The van der Waals surface area contributed by atoms with E-state index in [-0.39, 0.29) is 29.3 Å². The van der Waals surface area contributed by atoms with Gasteiger partial charge in [-0.25, -0.2) is 14.4 Å². The molecule has 0 saturated heterocycles. The Kier molecular flexibility index (Phi) is 2.86. The van der Waals surface area contributed by atoms with Gasteiger partial charge in [0.2, 0.25) is 11.5 Å². The minimum atomic E-state index is -4.69. The van der Waals surface area contributed by atoms with Gasteiger partial charge in [0, 0.05) is 6.20 Å². The lowest BCUT2D eigenvalue weighted by Gasteiger charge is -2.08. The molecule has 0 spiro atoms. The Morgan fingerprint density at radius 1 is 1.29 bits per heavy atom. The van der Waals surface area contributed by atoms with E-state index in [1.807, 2.05) is 0 Å². The van der Waals surface area contributed by atoms with Gasteiger partial charge in [0.05, 0.1) is 0 Å². The highest BCUT2D eigenvalue weighted by atomic mass is 19.4. The first-order valence-corrected chi connectivity index (χ1v) is 5.65. The molecule has 9 heteroatoms. The van der Waals surface area contributed by atoms with Gasteiger partial charge in [0.1, 0.15) is 5.52 Å². The number of rotatable bonds is 2. The van der Waals surface area contributed by atoms with Crippen LogP contribution in [-0.4, -0.2) is 31.2 Å². The number of fused-ring (bicyclic) bond motifs is 3. The maximum absolute atomic E-state index is 13.0. The molecule has 0 aliphatic carbocycles. The Bertz CT molecular complexity index is 865. The van der Waals surface area contributed by atoms with Gasteiger partial charge in [-0.2, -0.15) is 13.2 Å². The fourth-order valence-corrected chi connectivity index (χ4v) is 1.82. The summed E-state index contributed by atoms with van der Waals surface area (Å²) in [7, 11) is 0. The molecule has 3 rings (SSSR count). The van der Waals surface area contributed by atoms with Crippen LogP contribution in [0.25, 0.3) is 16.8 Å². The highest BCUT2D eigenvalue weighted by molar-refractivity contribution is 5.76. The molecule has 0 aliphatic rings. The fraction of sp³-hybridized carbons (Fsp3) is 0.167. The van der Waals surface area contributed by atoms with Gasteiger partial charge >= 0.3 is 6.18 Å². The van der Waals surface area contributed by atoms with Crippen LogP contribution in [0.4, 0.5) is 13.2 Å². The summed E-state index contributed by atoms with van der Waals surface area (Å²) in [5.41, 5.74) is 0.00368. The predicted octanol–water partition coefficient (Wildman–Crippen LogP) is 1.70. The fourth-order valence-electron chi connectivity index (χ4n) is 1.82. The molecule has 106 valence electrons. The van der Waals surface area contributed by atoms with Crippen LogP contribution in [0.1, 0.15) is 5.82 Å². The van der Waals surface area contributed by atoms with Crippen molar-refractivity contribution in [1.82, 2.24) is 24.6 Å². The van der Waals surface area contributed by atoms with Crippen molar-refractivity contribution in [3.05, 3.63) is 24.2 Å². The predicted molar refractivity (Wildman–Crippen MR) is 65.4 cm³/mol. The largest absolute Gasteiger partial charge is 0.462 e. The van der Waals surface area contributed by atoms with Crippen molar-refractivity contribution in [2.24, 2.45) is 0 Å². The monoisotopic (exact) mass is 293 g/mol. The number of ether oxygens (including phenoxy) is 1. The molecule has 0 aromatic carbocycles. The number of aromatic nitrogens is 5. The summed E-state index contributed by atoms with van der Waals surface area (Å²) >= 11 is 0. The second kappa shape index (κ2) is 4.59. The number of terminal acetylenes is 1. The zero-order chi connectivity index (χ0) is 15.0. The number of pyridine rings is 1. The number of nitrogens with zero attached hydrogens (tertiary/aromatic N) is 5. The topological polar surface area (TPSA) is 65.2 Å². The van der Waals surface area contributed by atoms with Crippen molar-refractivity contribution < 1.29 is 17.9 Å². The number of hydrogen-bond donors (Lipinski definition) is 0. The van der Waals surface area contributed by atoms with E-state index < -0.39 is 12.0 Å². The normalized spacial score (nSPS) is 11.7. The van der Waals surface area contributed by atoms with E-state index >= 15 is 0 Å². The van der Waals surface area contributed by atoms with E-state index in [1.54, 1.807) is 6.07 Å². The van der Waals surface area contributed by atoms with Gasteiger partial charge in [-0.05, 0) is 12.1 Å². The Balaban J connectivity index is 2.40. The molecule has 0 aliphatic heterocycles. The van der Waals surface area contributed by atoms with E-state index in [9.17, 15) is 13.2 Å². The lowest BCUT2D eigenvalue weighted by molar-refractivity contribution is -0.145. The Labute approximate surface area is 115 Å². The zero-order valence-electron chi connectivity index (χ0n) is 10.3. The van der Waals surface area contributed by atoms with Crippen molar-refractivity contribution in [1.29, 1.82) is 0 Å². The van der Waals surface area contributed by atoms with Crippen molar-refractivity contribution in [2.75, 3.05) is 6.61 Å². The molecule has 0 saturated carbocycles. The Hall–Kier alpha value is -2.89. The van der Waals surface area contributed by atoms with Crippen LogP contribution in [-0.2, 0) is 6.18 Å². The second-order valence-corrected chi connectivity index (χ2v) is 3.94. The van der Waals surface area contributed by atoms with Gasteiger partial charge in [0.15, 0.2) is 12.3 Å². The molecular formula is C12H6F3N5O. The Morgan fingerprint density at radius 2 is 2.10 bits per heavy atom. The molecule has 0 atom stereocenters. The molecule has 21 heavy (non-hydrogen) atoms. The van der Waals surface area contributed by atoms with Crippen LogP contribution < -0.4 is 4.74 Å². The summed E-state index contributed by atoms with van der Waals surface area (Å²) in [6.07, 6.45) is 1.74. The van der Waals surface area contributed by atoms with Crippen LogP contribution >= 0.6 is 0 Å². The highest BCUT2D eigenvalue weighted by Crippen LogP contribution is 2.31. The summed E-state index contributed by atoms with van der Waals surface area (Å²) in [6, 6.07) is 3.05. The lowest BCUT2D eigenvalue weighted by Crippen LogP contribution is -2.12. The van der Waals surface area contributed by atoms with E-state index in [1.165, 1.54) is 12.3 Å².